The second kappa shape index (κ2) is 5.33. The van der Waals surface area contributed by atoms with Gasteiger partial charge in [0.05, 0.1) is 6.61 Å². The van der Waals surface area contributed by atoms with Crippen molar-refractivity contribution in [3.8, 4) is 0 Å². The van der Waals surface area contributed by atoms with Crippen LogP contribution >= 0.6 is 0 Å². The summed E-state index contributed by atoms with van der Waals surface area (Å²) in [7, 11) is 0. The minimum Gasteiger partial charge on any atom is -0.394 e. The van der Waals surface area contributed by atoms with Gasteiger partial charge in [-0.15, -0.1) is 0 Å². The third-order valence-corrected chi connectivity index (χ3v) is 2.10. The van der Waals surface area contributed by atoms with Crippen LogP contribution in [0.25, 0.3) is 0 Å². The maximum absolute atomic E-state index is 8.66. The van der Waals surface area contributed by atoms with Crippen LogP contribution in [0.3, 0.4) is 0 Å². The molecule has 0 spiro atoms. The molecule has 2 atom stereocenters. The fraction of sp³-hybridized carbons (Fsp3) is 0.800. The molecule has 1 heterocycles. The Morgan fingerprint density at radius 1 is 1.42 bits per heavy atom. The van der Waals surface area contributed by atoms with Crippen molar-refractivity contribution >= 4 is 0 Å². The van der Waals surface area contributed by atoms with Gasteiger partial charge in [0, 0.05) is 0 Å². The molecule has 0 aromatic heterocycles. The summed E-state index contributed by atoms with van der Waals surface area (Å²) in [6.07, 6.45) is 9.51. The van der Waals surface area contributed by atoms with Gasteiger partial charge in [-0.25, -0.2) is 0 Å². The van der Waals surface area contributed by atoms with E-state index in [2.05, 4.69) is 19.1 Å². The molecule has 2 nitrogen and oxygen atoms in total. The molecule has 0 saturated carbocycles. The SMILES string of the molecule is CCCCC/C=C/[C@@H]1O[C@H]1CO. The lowest BCUT2D eigenvalue weighted by Gasteiger charge is -1.90. The number of hydrogen-bond acceptors (Lipinski definition) is 2. The normalized spacial score (nSPS) is 28.2. The molecule has 1 aliphatic heterocycles. The minimum absolute atomic E-state index is 0.0902. The number of rotatable bonds is 6. The molecular formula is C10H18O2. The molecule has 1 fully saturated rings. The van der Waals surface area contributed by atoms with E-state index in [0.29, 0.717) is 0 Å². The van der Waals surface area contributed by atoms with E-state index < -0.39 is 0 Å². The van der Waals surface area contributed by atoms with Crippen molar-refractivity contribution in [2.24, 2.45) is 0 Å². The molecule has 0 bridgehead atoms. The number of allylic oxidation sites excluding steroid dienone is 1. The molecule has 2 heteroatoms. The van der Waals surface area contributed by atoms with Gasteiger partial charge in [0.1, 0.15) is 12.2 Å². The smallest absolute Gasteiger partial charge is 0.111 e. The molecule has 12 heavy (non-hydrogen) atoms. The summed E-state index contributed by atoms with van der Waals surface area (Å²) in [5, 5.41) is 8.66. The first-order valence-corrected chi connectivity index (χ1v) is 4.81. The van der Waals surface area contributed by atoms with E-state index in [-0.39, 0.29) is 18.8 Å². The van der Waals surface area contributed by atoms with Crippen molar-refractivity contribution in [2.75, 3.05) is 6.61 Å². The molecular weight excluding hydrogens is 152 g/mol. The lowest BCUT2D eigenvalue weighted by Crippen LogP contribution is -1.95. The predicted octanol–water partition coefficient (Wildman–Crippen LogP) is 1.88. The topological polar surface area (TPSA) is 32.8 Å². The number of ether oxygens (including phenoxy) is 1. The molecule has 0 aliphatic carbocycles. The monoisotopic (exact) mass is 170 g/mol. The first kappa shape index (κ1) is 9.75. The van der Waals surface area contributed by atoms with Crippen molar-refractivity contribution in [3.05, 3.63) is 12.2 Å². The molecule has 1 rings (SSSR count). The first-order valence-electron chi connectivity index (χ1n) is 4.81. The summed E-state index contributed by atoms with van der Waals surface area (Å²) >= 11 is 0. The zero-order chi connectivity index (χ0) is 8.81. The van der Waals surface area contributed by atoms with Gasteiger partial charge in [-0.2, -0.15) is 0 Å². The number of aliphatic hydroxyl groups excluding tert-OH is 1. The number of unbranched alkanes of at least 4 members (excludes halogenated alkanes) is 3. The zero-order valence-electron chi connectivity index (χ0n) is 7.70. The van der Waals surface area contributed by atoms with E-state index in [1.807, 2.05) is 0 Å². The van der Waals surface area contributed by atoms with Crippen molar-refractivity contribution in [1.82, 2.24) is 0 Å². The van der Waals surface area contributed by atoms with Crippen LogP contribution < -0.4 is 0 Å². The summed E-state index contributed by atoms with van der Waals surface area (Å²) in [6.45, 7) is 2.36. The second-order valence-electron chi connectivity index (χ2n) is 3.25. The lowest BCUT2D eigenvalue weighted by molar-refractivity contribution is 0.243. The van der Waals surface area contributed by atoms with Crippen molar-refractivity contribution < 1.29 is 9.84 Å². The van der Waals surface area contributed by atoms with Crippen LogP contribution in [-0.2, 0) is 4.74 Å². The Hall–Kier alpha value is -0.340. The molecule has 0 aromatic rings. The van der Waals surface area contributed by atoms with Crippen molar-refractivity contribution in [1.29, 1.82) is 0 Å². The van der Waals surface area contributed by atoms with E-state index >= 15 is 0 Å². The molecule has 1 saturated heterocycles. The Labute approximate surface area is 74.2 Å². The highest BCUT2D eigenvalue weighted by molar-refractivity contribution is 5.02. The van der Waals surface area contributed by atoms with Gasteiger partial charge in [0.25, 0.3) is 0 Å². The Morgan fingerprint density at radius 3 is 2.83 bits per heavy atom. The van der Waals surface area contributed by atoms with Crippen molar-refractivity contribution in [3.63, 3.8) is 0 Å². The van der Waals surface area contributed by atoms with E-state index in [1.165, 1.54) is 19.3 Å². The van der Waals surface area contributed by atoms with Crippen LogP contribution in [0.2, 0.25) is 0 Å². The van der Waals surface area contributed by atoms with E-state index in [4.69, 9.17) is 9.84 Å². The van der Waals surface area contributed by atoms with E-state index in [0.717, 1.165) is 6.42 Å². The number of hydrogen-bond donors (Lipinski definition) is 1. The number of epoxide rings is 1. The van der Waals surface area contributed by atoms with Crippen LogP contribution in [0.5, 0.6) is 0 Å². The highest BCUT2D eigenvalue weighted by atomic mass is 16.6. The Balaban J connectivity index is 1.93. The Bertz CT molecular complexity index is 143. The van der Waals surface area contributed by atoms with Crippen LogP contribution in [-0.4, -0.2) is 23.9 Å². The highest BCUT2D eigenvalue weighted by Crippen LogP contribution is 2.22. The third kappa shape index (κ3) is 3.37. The van der Waals surface area contributed by atoms with Gasteiger partial charge in [0.2, 0.25) is 0 Å². The van der Waals surface area contributed by atoms with Crippen LogP contribution in [0.1, 0.15) is 32.6 Å². The summed E-state index contributed by atoms with van der Waals surface area (Å²) in [4.78, 5) is 0. The summed E-state index contributed by atoms with van der Waals surface area (Å²) in [5.74, 6) is 0. The largest absolute Gasteiger partial charge is 0.394 e. The molecule has 0 aromatic carbocycles. The standard InChI is InChI=1S/C10H18O2/c1-2-3-4-5-6-7-9-10(8-11)12-9/h6-7,9-11H,2-5,8H2,1H3/b7-6+/t9-,10-/m0/s1. The molecule has 0 amide bonds. The quantitative estimate of drug-likeness (QED) is 0.375. The fourth-order valence-corrected chi connectivity index (χ4v) is 1.22. The Morgan fingerprint density at radius 2 is 2.25 bits per heavy atom. The van der Waals surface area contributed by atoms with Crippen molar-refractivity contribution in [2.45, 2.75) is 44.8 Å². The average Bonchev–Trinajstić information content (AvgIpc) is 2.83. The minimum atomic E-state index is 0.0902. The summed E-state index contributed by atoms with van der Waals surface area (Å²) in [5.41, 5.74) is 0. The maximum atomic E-state index is 8.66. The fourth-order valence-electron chi connectivity index (χ4n) is 1.22. The van der Waals surface area contributed by atoms with Crippen LogP contribution in [0.15, 0.2) is 12.2 Å². The lowest BCUT2D eigenvalue weighted by atomic mass is 10.2. The zero-order valence-corrected chi connectivity index (χ0v) is 7.70. The second-order valence-corrected chi connectivity index (χ2v) is 3.25. The van der Waals surface area contributed by atoms with Gasteiger partial charge < -0.3 is 9.84 Å². The number of aliphatic hydroxyl groups is 1. The van der Waals surface area contributed by atoms with Gasteiger partial charge >= 0.3 is 0 Å². The third-order valence-electron chi connectivity index (χ3n) is 2.10. The van der Waals surface area contributed by atoms with Gasteiger partial charge in [-0.3, -0.25) is 0 Å². The van der Waals surface area contributed by atoms with Crippen LogP contribution in [0, 0.1) is 0 Å². The Kier molecular flexibility index (Phi) is 4.33. The molecule has 0 radical (unpaired) electrons. The van der Waals surface area contributed by atoms with E-state index in [1.54, 1.807) is 0 Å². The predicted molar refractivity (Wildman–Crippen MR) is 49.0 cm³/mol. The maximum Gasteiger partial charge on any atom is 0.111 e. The van der Waals surface area contributed by atoms with Crippen LogP contribution in [0.4, 0.5) is 0 Å². The van der Waals surface area contributed by atoms with Gasteiger partial charge in [0.15, 0.2) is 0 Å². The van der Waals surface area contributed by atoms with Gasteiger partial charge in [-0.05, 0) is 12.8 Å². The molecule has 1 aliphatic rings. The summed E-state index contributed by atoms with van der Waals surface area (Å²) in [6, 6.07) is 0. The molecule has 1 N–H and O–H groups in total. The highest BCUT2D eigenvalue weighted by Gasteiger charge is 2.35. The summed E-state index contributed by atoms with van der Waals surface area (Å²) < 4.78 is 5.14. The molecule has 0 unspecified atom stereocenters. The van der Waals surface area contributed by atoms with Gasteiger partial charge in [-0.1, -0.05) is 31.9 Å². The van der Waals surface area contributed by atoms with E-state index in [9.17, 15) is 0 Å². The first-order chi connectivity index (χ1) is 5.88. The molecule has 70 valence electrons. The average molecular weight is 170 g/mol.